The summed E-state index contributed by atoms with van der Waals surface area (Å²) in [5, 5.41) is 13.3. The van der Waals surface area contributed by atoms with Crippen molar-refractivity contribution >= 4 is 23.4 Å². The van der Waals surface area contributed by atoms with Crippen molar-refractivity contribution in [2.75, 3.05) is 11.9 Å². The lowest BCUT2D eigenvalue weighted by molar-refractivity contribution is -0.134. The summed E-state index contributed by atoms with van der Waals surface area (Å²) in [6.07, 6.45) is 1.29. The zero-order valence-corrected chi connectivity index (χ0v) is 12.6. The molecule has 1 aromatic carbocycles. The van der Waals surface area contributed by atoms with Gasteiger partial charge in [0, 0.05) is 17.0 Å². The highest BCUT2D eigenvalue weighted by atomic mass is 32.2. The Bertz CT molecular complexity index is 532. The first-order chi connectivity index (χ1) is 9.60. The molecule has 1 saturated heterocycles. The summed E-state index contributed by atoms with van der Waals surface area (Å²) >= 11 is 1.77. The number of hydrogen-bond donors (Lipinski definition) is 2. The molecule has 0 spiro atoms. The molecule has 1 amide bonds. The van der Waals surface area contributed by atoms with Crippen LogP contribution in [0.25, 0.3) is 0 Å². The molecule has 3 rings (SSSR count). The number of carbonyl (C=O) groups excluding carboxylic acids is 1. The number of nitrogens with zero attached hydrogens (tertiary/aromatic N) is 1. The predicted octanol–water partition coefficient (Wildman–Crippen LogP) is 2.29. The van der Waals surface area contributed by atoms with Gasteiger partial charge in [-0.05, 0) is 25.5 Å². The van der Waals surface area contributed by atoms with Crippen LogP contribution < -0.4 is 5.32 Å². The van der Waals surface area contributed by atoms with Crippen molar-refractivity contribution in [3.8, 4) is 0 Å². The van der Waals surface area contributed by atoms with Gasteiger partial charge in [0.05, 0.1) is 17.9 Å². The minimum absolute atomic E-state index is 0.0124. The van der Waals surface area contributed by atoms with Crippen molar-refractivity contribution in [3.63, 3.8) is 0 Å². The van der Waals surface area contributed by atoms with E-state index in [-0.39, 0.29) is 23.8 Å². The molecule has 0 radical (unpaired) electrons. The van der Waals surface area contributed by atoms with Gasteiger partial charge in [0.2, 0.25) is 5.91 Å². The number of likely N-dealkylation sites (tertiary alicyclic amines) is 1. The number of aliphatic hydroxyl groups is 1. The van der Waals surface area contributed by atoms with Crippen molar-refractivity contribution in [1.29, 1.82) is 0 Å². The molecular weight excluding hydrogens is 272 g/mol. The zero-order valence-electron chi connectivity index (χ0n) is 11.8. The number of benzene rings is 1. The number of aliphatic hydroxyl groups excluding tert-OH is 1. The Kier molecular flexibility index (Phi) is 3.42. The molecule has 1 fully saturated rings. The van der Waals surface area contributed by atoms with Crippen LogP contribution >= 0.6 is 11.8 Å². The van der Waals surface area contributed by atoms with E-state index in [0.29, 0.717) is 6.42 Å². The molecule has 2 N–H and O–H groups in total. The average Bonchev–Trinajstić information content (AvgIpc) is 2.69. The van der Waals surface area contributed by atoms with E-state index in [2.05, 4.69) is 18.3 Å². The second-order valence-corrected chi connectivity index (χ2v) is 6.83. The van der Waals surface area contributed by atoms with E-state index in [1.807, 2.05) is 30.0 Å². The number of amides is 1. The van der Waals surface area contributed by atoms with Gasteiger partial charge in [0.1, 0.15) is 5.66 Å². The summed E-state index contributed by atoms with van der Waals surface area (Å²) in [4.78, 5) is 15.5. The molecule has 20 heavy (non-hydrogen) atoms. The number of hydrogen-bond acceptors (Lipinski definition) is 4. The molecule has 0 aliphatic carbocycles. The molecule has 4 nitrogen and oxygen atoms in total. The van der Waals surface area contributed by atoms with Gasteiger partial charge < -0.3 is 15.3 Å². The molecule has 2 heterocycles. The number of para-hydroxylation sites is 1. The normalized spacial score (nSPS) is 29.6. The maximum absolute atomic E-state index is 12.4. The Hall–Kier alpha value is -1.20. The Morgan fingerprint density at radius 2 is 2.30 bits per heavy atom. The molecule has 5 heteroatoms. The van der Waals surface area contributed by atoms with E-state index >= 15 is 0 Å². The van der Waals surface area contributed by atoms with Crippen LogP contribution in [0.2, 0.25) is 0 Å². The van der Waals surface area contributed by atoms with Crippen LogP contribution in [-0.2, 0) is 4.79 Å². The molecule has 108 valence electrons. The third kappa shape index (κ3) is 1.91. The van der Waals surface area contributed by atoms with Crippen molar-refractivity contribution < 1.29 is 9.90 Å². The van der Waals surface area contributed by atoms with Gasteiger partial charge in [-0.1, -0.05) is 19.1 Å². The molecule has 2 aliphatic rings. The lowest BCUT2D eigenvalue weighted by atomic mass is 10.1. The van der Waals surface area contributed by atoms with Gasteiger partial charge in [0.15, 0.2) is 0 Å². The molecule has 0 aromatic heterocycles. The molecule has 0 saturated carbocycles. The van der Waals surface area contributed by atoms with Crippen LogP contribution in [0.1, 0.15) is 26.7 Å². The van der Waals surface area contributed by atoms with Crippen molar-refractivity contribution in [1.82, 2.24) is 4.90 Å². The monoisotopic (exact) mass is 292 g/mol. The van der Waals surface area contributed by atoms with Gasteiger partial charge in [-0.3, -0.25) is 4.79 Å². The predicted molar refractivity (Wildman–Crippen MR) is 80.7 cm³/mol. The smallest absolute Gasteiger partial charge is 0.226 e. The highest BCUT2D eigenvalue weighted by molar-refractivity contribution is 8.00. The third-order valence-corrected chi connectivity index (χ3v) is 5.87. The van der Waals surface area contributed by atoms with Gasteiger partial charge in [-0.2, -0.15) is 0 Å². The second-order valence-electron chi connectivity index (χ2n) is 5.59. The summed E-state index contributed by atoms with van der Waals surface area (Å²) in [7, 11) is 0. The zero-order chi connectivity index (χ0) is 14.3. The molecule has 2 aliphatic heterocycles. The van der Waals surface area contributed by atoms with Crippen LogP contribution in [0.5, 0.6) is 0 Å². The van der Waals surface area contributed by atoms with Gasteiger partial charge in [-0.25, -0.2) is 0 Å². The number of thioether (sulfide) groups is 1. The lowest BCUT2D eigenvalue weighted by Crippen LogP contribution is -2.59. The maximum Gasteiger partial charge on any atom is 0.226 e. The first-order valence-corrected chi connectivity index (χ1v) is 7.95. The highest BCUT2D eigenvalue weighted by Crippen LogP contribution is 2.49. The summed E-state index contributed by atoms with van der Waals surface area (Å²) in [5.41, 5.74) is 0.656. The number of nitrogens with one attached hydrogen (secondary N) is 1. The van der Waals surface area contributed by atoms with Crippen molar-refractivity contribution in [2.24, 2.45) is 0 Å². The number of anilines is 1. The third-order valence-electron chi connectivity index (χ3n) is 4.35. The Balaban J connectivity index is 1.99. The number of carbonyl (C=O) groups is 1. The van der Waals surface area contributed by atoms with E-state index in [0.717, 1.165) is 12.1 Å². The maximum atomic E-state index is 12.4. The Morgan fingerprint density at radius 1 is 1.55 bits per heavy atom. The Labute approximate surface area is 123 Å². The van der Waals surface area contributed by atoms with Gasteiger partial charge in [0.25, 0.3) is 0 Å². The Morgan fingerprint density at radius 3 is 3.00 bits per heavy atom. The van der Waals surface area contributed by atoms with E-state index in [1.54, 1.807) is 11.8 Å². The van der Waals surface area contributed by atoms with Crippen LogP contribution in [0.3, 0.4) is 0 Å². The van der Waals surface area contributed by atoms with Crippen LogP contribution in [-0.4, -0.2) is 39.5 Å². The topological polar surface area (TPSA) is 52.6 Å². The van der Waals surface area contributed by atoms with Crippen LogP contribution in [0.15, 0.2) is 29.2 Å². The lowest BCUT2D eigenvalue weighted by Gasteiger charge is -2.46. The fourth-order valence-electron chi connectivity index (χ4n) is 3.24. The molecular formula is C15H20N2O2S. The first kappa shape index (κ1) is 13.8. The summed E-state index contributed by atoms with van der Waals surface area (Å²) in [6.45, 7) is 4.09. The van der Waals surface area contributed by atoms with E-state index in [1.165, 1.54) is 4.90 Å². The van der Waals surface area contributed by atoms with E-state index in [9.17, 15) is 9.90 Å². The van der Waals surface area contributed by atoms with Crippen molar-refractivity contribution in [3.05, 3.63) is 24.3 Å². The first-order valence-electron chi connectivity index (χ1n) is 7.07. The molecule has 3 unspecified atom stereocenters. The van der Waals surface area contributed by atoms with Crippen LogP contribution in [0, 0.1) is 0 Å². The molecule has 3 atom stereocenters. The quantitative estimate of drug-likeness (QED) is 0.897. The molecule has 0 bridgehead atoms. The SMILES string of the molecule is CCC(CO)N1C(=O)CC2Sc3ccccc3NC21C. The summed E-state index contributed by atoms with van der Waals surface area (Å²) in [5.74, 6) is 0.131. The van der Waals surface area contributed by atoms with Gasteiger partial charge in [-0.15, -0.1) is 11.8 Å². The fourth-order valence-corrected chi connectivity index (χ4v) is 4.58. The highest BCUT2D eigenvalue weighted by Gasteiger charge is 2.54. The fraction of sp³-hybridized carbons (Fsp3) is 0.533. The van der Waals surface area contributed by atoms with E-state index < -0.39 is 5.66 Å². The number of rotatable bonds is 3. The number of fused-ring (bicyclic) bond motifs is 2. The minimum atomic E-state index is -0.417. The standard InChI is InChI=1S/C15H20N2O2S/c1-3-10(9-18)17-14(19)8-13-15(17,2)16-11-6-4-5-7-12(11)20-13/h4-7,10,13,16,18H,3,8-9H2,1-2H3. The average molecular weight is 292 g/mol. The molecule has 1 aromatic rings. The largest absolute Gasteiger partial charge is 0.394 e. The minimum Gasteiger partial charge on any atom is -0.394 e. The van der Waals surface area contributed by atoms with Crippen molar-refractivity contribution in [2.45, 2.75) is 48.5 Å². The summed E-state index contributed by atoms with van der Waals surface area (Å²) in [6, 6.07) is 8.04. The van der Waals surface area contributed by atoms with Crippen LogP contribution in [0.4, 0.5) is 5.69 Å². The van der Waals surface area contributed by atoms with Gasteiger partial charge >= 0.3 is 0 Å². The second kappa shape index (κ2) is 4.97. The van der Waals surface area contributed by atoms with E-state index in [4.69, 9.17) is 0 Å². The summed E-state index contributed by atoms with van der Waals surface area (Å²) < 4.78 is 0.